The summed E-state index contributed by atoms with van der Waals surface area (Å²) in [6.07, 6.45) is -0.0903. The summed E-state index contributed by atoms with van der Waals surface area (Å²) in [4.78, 5) is 34.1. The lowest BCUT2D eigenvalue weighted by Gasteiger charge is -2.13. The average Bonchev–Trinajstić information content (AvgIpc) is 2.45. The highest BCUT2D eigenvalue weighted by Gasteiger charge is 2.19. The van der Waals surface area contributed by atoms with E-state index < -0.39 is 23.8 Å². The molecule has 0 aliphatic heterocycles. The third-order valence-corrected chi connectivity index (χ3v) is 2.77. The molecule has 1 rings (SSSR count). The smallest absolute Gasteiger partial charge is 0.326 e. The molecule has 0 spiro atoms. The van der Waals surface area contributed by atoms with E-state index in [-0.39, 0.29) is 19.6 Å². The number of amides is 2. The van der Waals surface area contributed by atoms with Gasteiger partial charge in [0, 0.05) is 18.6 Å². The second-order valence-electron chi connectivity index (χ2n) is 4.52. The van der Waals surface area contributed by atoms with E-state index in [4.69, 9.17) is 10.2 Å². The van der Waals surface area contributed by atoms with Gasteiger partial charge in [-0.3, -0.25) is 9.59 Å². The van der Waals surface area contributed by atoms with Gasteiger partial charge in [-0.15, -0.1) is 0 Å². The molecule has 4 N–H and O–H groups in total. The van der Waals surface area contributed by atoms with Crippen molar-refractivity contribution in [3.8, 4) is 0 Å². The number of carbonyl (C=O) groups is 3. The molecular weight excluding hydrogens is 276 g/mol. The van der Waals surface area contributed by atoms with E-state index in [9.17, 15) is 14.4 Å². The van der Waals surface area contributed by atoms with Crippen molar-refractivity contribution in [2.45, 2.75) is 19.4 Å². The Balaban J connectivity index is 2.46. The maximum absolute atomic E-state index is 11.8. The van der Waals surface area contributed by atoms with Gasteiger partial charge in [-0.25, -0.2) is 4.79 Å². The van der Waals surface area contributed by atoms with Gasteiger partial charge in [0.25, 0.3) is 5.91 Å². The number of carboxylic acid groups (broad SMARTS) is 1. The van der Waals surface area contributed by atoms with E-state index >= 15 is 0 Å². The van der Waals surface area contributed by atoms with E-state index in [0.29, 0.717) is 5.56 Å². The SMILES string of the molecule is Cc1ccc(C(=O)NCC(=O)N[C@H](CCO)C(=O)O)cc1. The van der Waals surface area contributed by atoms with Crippen molar-refractivity contribution in [3.05, 3.63) is 35.4 Å². The van der Waals surface area contributed by atoms with Crippen LogP contribution in [-0.2, 0) is 9.59 Å². The Labute approximate surface area is 122 Å². The van der Waals surface area contributed by atoms with Crippen molar-refractivity contribution in [1.29, 1.82) is 0 Å². The lowest BCUT2D eigenvalue weighted by atomic mass is 10.1. The molecule has 0 fully saturated rings. The van der Waals surface area contributed by atoms with Gasteiger partial charge in [-0.2, -0.15) is 0 Å². The molecule has 0 bridgehead atoms. The number of carbonyl (C=O) groups excluding carboxylic acids is 2. The van der Waals surface area contributed by atoms with E-state index in [2.05, 4.69) is 10.6 Å². The van der Waals surface area contributed by atoms with E-state index in [1.165, 1.54) is 0 Å². The number of rotatable bonds is 7. The standard InChI is InChI=1S/C14H18N2O5/c1-9-2-4-10(5-3-9)13(19)15-8-12(18)16-11(6-7-17)14(20)21/h2-5,11,17H,6-8H2,1H3,(H,15,19)(H,16,18)(H,20,21)/t11-/m1/s1. The lowest BCUT2D eigenvalue weighted by molar-refractivity contribution is -0.142. The third kappa shape index (κ3) is 5.62. The fourth-order valence-electron chi connectivity index (χ4n) is 1.60. The van der Waals surface area contributed by atoms with Crippen molar-refractivity contribution in [2.24, 2.45) is 0 Å². The average molecular weight is 294 g/mol. The van der Waals surface area contributed by atoms with Crippen molar-refractivity contribution in [3.63, 3.8) is 0 Å². The summed E-state index contributed by atoms with van der Waals surface area (Å²) in [6.45, 7) is 1.21. The molecule has 7 heteroatoms. The monoisotopic (exact) mass is 294 g/mol. The zero-order chi connectivity index (χ0) is 15.8. The maximum Gasteiger partial charge on any atom is 0.326 e. The van der Waals surface area contributed by atoms with Gasteiger partial charge >= 0.3 is 5.97 Å². The van der Waals surface area contributed by atoms with Gasteiger partial charge in [0.05, 0.1) is 6.54 Å². The van der Waals surface area contributed by atoms with Gasteiger partial charge in [-0.05, 0) is 19.1 Å². The first kappa shape index (κ1) is 16.6. The summed E-state index contributed by atoms with van der Waals surface area (Å²) in [5.74, 6) is -2.28. The van der Waals surface area contributed by atoms with Gasteiger partial charge in [0.2, 0.25) is 5.91 Å². The molecule has 2 amide bonds. The summed E-state index contributed by atoms with van der Waals surface area (Å²) in [5.41, 5.74) is 1.43. The number of nitrogens with one attached hydrogen (secondary N) is 2. The number of aliphatic carboxylic acids is 1. The van der Waals surface area contributed by atoms with Crippen LogP contribution in [0.3, 0.4) is 0 Å². The summed E-state index contributed by atoms with van der Waals surface area (Å²) in [6, 6.07) is 5.65. The maximum atomic E-state index is 11.8. The molecule has 0 radical (unpaired) electrons. The topological polar surface area (TPSA) is 116 Å². The van der Waals surface area contributed by atoms with Gasteiger partial charge < -0.3 is 20.8 Å². The second-order valence-corrected chi connectivity index (χ2v) is 4.52. The second kappa shape index (κ2) is 8.01. The minimum absolute atomic E-state index is 0.0903. The third-order valence-electron chi connectivity index (χ3n) is 2.77. The Kier molecular flexibility index (Phi) is 6.35. The normalized spacial score (nSPS) is 11.5. The molecule has 114 valence electrons. The predicted molar refractivity (Wildman–Crippen MR) is 74.8 cm³/mol. The Morgan fingerprint density at radius 3 is 2.33 bits per heavy atom. The number of carboxylic acids is 1. The molecule has 0 saturated heterocycles. The summed E-state index contributed by atoms with van der Waals surface area (Å²) in [7, 11) is 0. The van der Waals surface area contributed by atoms with Crippen molar-refractivity contribution < 1.29 is 24.6 Å². The first-order chi connectivity index (χ1) is 9.93. The highest BCUT2D eigenvalue weighted by Crippen LogP contribution is 2.02. The quantitative estimate of drug-likeness (QED) is 0.550. The number of aryl methyl sites for hydroxylation is 1. The molecule has 0 heterocycles. The van der Waals surface area contributed by atoms with E-state index in [1.54, 1.807) is 24.3 Å². The van der Waals surface area contributed by atoms with Gasteiger partial charge in [0.1, 0.15) is 6.04 Å². The van der Waals surface area contributed by atoms with Crippen LogP contribution in [0.2, 0.25) is 0 Å². The molecule has 1 aromatic rings. The fourth-order valence-corrected chi connectivity index (χ4v) is 1.60. The summed E-state index contributed by atoms with van der Waals surface area (Å²) in [5, 5.41) is 22.1. The van der Waals surface area contributed by atoms with Gasteiger partial charge in [-0.1, -0.05) is 17.7 Å². The van der Waals surface area contributed by atoms with Gasteiger partial charge in [0.15, 0.2) is 0 Å². The first-order valence-electron chi connectivity index (χ1n) is 6.42. The van der Waals surface area contributed by atoms with Crippen LogP contribution in [0.5, 0.6) is 0 Å². The molecule has 0 unspecified atom stereocenters. The number of hydrogen-bond acceptors (Lipinski definition) is 4. The van der Waals surface area contributed by atoms with Crippen molar-refractivity contribution >= 4 is 17.8 Å². The van der Waals surface area contributed by atoms with Crippen molar-refractivity contribution in [1.82, 2.24) is 10.6 Å². The Hall–Kier alpha value is -2.41. The zero-order valence-electron chi connectivity index (χ0n) is 11.6. The summed E-state index contributed by atoms with van der Waals surface area (Å²) < 4.78 is 0. The molecule has 0 aliphatic carbocycles. The van der Waals surface area contributed by atoms with Crippen LogP contribution in [0.1, 0.15) is 22.3 Å². The summed E-state index contributed by atoms with van der Waals surface area (Å²) >= 11 is 0. The van der Waals surface area contributed by atoms with Crippen LogP contribution in [0, 0.1) is 6.92 Å². The highest BCUT2D eigenvalue weighted by molar-refractivity contribution is 5.96. The van der Waals surface area contributed by atoms with Crippen LogP contribution in [-0.4, -0.2) is 47.2 Å². The highest BCUT2D eigenvalue weighted by atomic mass is 16.4. The van der Waals surface area contributed by atoms with Crippen LogP contribution >= 0.6 is 0 Å². The first-order valence-corrected chi connectivity index (χ1v) is 6.42. The molecule has 0 aromatic heterocycles. The Morgan fingerprint density at radius 2 is 1.81 bits per heavy atom. The lowest BCUT2D eigenvalue weighted by Crippen LogP contribution is -2.45. The van der Waals surface area contributed by atoms with E-state index in [1.807, 2.05) is 6.92 Å². The largest absolute Gasteiger partial charge is 0.480 e. The number of hydrogen-bond donors (Lipinski definition) is 4. The van der Waals surface area contributed by atoms with Crippen molar-refractivity contribution in [2.75, 3.05) is 13.2 Å². The van der Waals surface area contributed by atoms with Crippen LogP contribution in [0.15, 0.2) is 24.3 Å². The molecule has 0 saturated carbocycles. The zero-order valence-corrected chi connectivity index (χ0v) is 11.6. The Morgan fingerprint density at radius 1 is 1.19 bits per heavy atom. The molecule has 21 heavy (non-hydrogen) atoms. The Bertz CT molecular complexity index is 513. The molecule has 7 nitrogen and oxygen atoms in total. The fraction of sp³-hybridized carbons (Fsp3) is 0.357. The molecule has 1 atom stereocenters. The van der Waals surface area contributed by atoms with Crippen LogP contribution < -0.4 is 10.6 Å². The number of benzene rings is 1. The molecular formula is C14H18N2O5. The van der Waals surface area contributed by atoms with Crippen LogP contribution in [0.25, 0.3) is 0 Å². The number of aliphatic hydroxyl groups excluding tert-OH is 1. The van der Waals surface area contributed by atoms with E-state index in [0.717, 1.165) is 5.56 Å². The van der Waals surface area contributed by atoms with Crippen LogP contribution in [0.4, 0.5) is 0 Å². The molecule has 0 aliphatic rings. The minimum atomic E-state index is -1.23. The molecule has 1 aromatic carbocycles. The minimum Gasteiger partial charge on any atom is -0.480 e. The predicted octanol–water partition coefficient (Wildman–Crippen LogP) is -0.323. The number of aliphatic hydroxyl groups is 1.